The molecule has 1 aromatic heterocycles. The van der Waals surface area contributed by atoms with Crippen LogP contribution in [-0.4, -0.2) is 9.78 Å². The van der Waals surface area contributed by atoms with E-state index in [1.807, 2.05) is 0 Å². The lowest BCUT2D eigenvalue weighted by molar-refractivity contribution is 0.425. The molecule has 2 nitrogen and oxygen atoms in total. The average Bonchev–Trinajstić information content (AvgIpc) is 2.73. The Morgan fingerprint density at radius 1 is 1.17 bits per heavy atom. The number of benzene rings is 1. The summed E-state index contributed by atoms with van der Waals surface area (Å²) in [6, 6.07) is 0.180. The van der Waals surface area contributed by atoms with Crippen LogP contribution in [0, 0.1) is 23.3 Å². The van der Waals surface area contributed by atoms with Gasteiger partial charge in [0.15, 0.2) is 23.3 Å². The van der Waals surface area contributed by atoms with Crippen molar-refractivity contribution in [2.75, 3.05) is 0 Å². The third kappa shape index (κ3) is 2.69. The first-order chi connectivity index (χ1) is 8.49. The monoisotopic (exact) mass is 340 g/mol. The van der Waals surface area contributed by atoms with Crippen molar-refractivity contribution in [2.24, 2.45) is 0 Å². The number of thioether (sulfide) groups is 1. The summed E-state index contributed by atoms with van der Waals surface area (Å²) < 4.78 is 54.5. The van der Waals surface area contributed by atoms with Crippen molar-refractivity contribution in [1.82, 2.24) is 9.78 Å². The van der Waals surface area contributed by atoms with Crippen molar-refractivity contribution in [3.05, 3.63) is 46.2 Å². The Balaban J connectivity index is 2.24. The minimum absolute atomic E-state index is 0.0301. The zero-order valence-electron chi connectivity index (χ0n) is 8.63. The lowest BCUT2D eigenvalue weighted by atomic mass is 10.3. The molecule has 0 atom stereocenters. The quantitative estimate of drug-likeness (QED) is 0.478. The Labute approximate surface area is 112 Å². The summed E-state index contributed by atoms with van der Waals surface area (Å²) in [5.74, 6) is -5.60. The highest BCUT2D eigenvalue weighted by Crippen LogP contribution is 2.29. The highest BCUT2D eigenvalue weighted by Gasteiger charge is 2.19. The van der Waals surface area contributed by atoms with E-state index < -0.39 is 28.2 Å². The van der Waals surface area contributed by atoms with Crippen LogP contribution in [0.4, 0.5) is 17.6 Å². The second-order valence-electron chi connectivity index (χ2n) is 3.27. The van der Waals surface area contributed by atoms with Gasteiger partial charge in [-0.3, -0.25) is 4.68 Å². The predicted molar refractivity (Wildman–Crippen MR) is 62.1 cm³/mol. The molecule has 0 saturated carbocycles. The highest BCUT2D eigenvalue weighted by molar-refractivity contribution is 9.10. The van der Waals surface area contributed by atoms with Crippen LogP contribution in [0.2, 0.25) is 0 Å². The van der Waals surface area contributed by atoms with Gasteiger partial charge in [-0.2, -0.15) is 5.10 Å². The molecule has 0 aliphatic heterocycles. The van der Waals surface area contributed by atoms with Gasteiger partial charge in [0.25, 0.3) is 0 Å². The Kier molecular flexibility index (Phi) is 3.96. The van der Waals surface area contributed by atoms with Gasteiger partial charge >= 0.3 is 0 Å². The molecule has 2 aromatic rings. The molecule has 2 rings (SSSR count). The van der Waals surface area contributed by atoms with Crippen molar-refractivity contribution in [3.63, 3.8) is 0 Å². The number of hydrogen-bond acceptors (Lipinski definition) is 2. The summed E-state index contributed by atoms with van der Waals surface area (Å²) in [5.41, 5.74) is 0. The van der Waals surface area contributed by atoms with Crippen molar-refractivity contribution in [2.45, 2.75) is 10.8 Å². The van der Waals surface area contributed by atoms with Crippen LogP contribution in [0.25, 0.3) is 0 Å². The molecule has 0 spiro atoms. The van der Waals surface area contributed by atoms with E-state index in [4.69, 9.17) is 0 Å². The molecule has 18 heavy (non-hydrogen) atoms. The molecule has 0 saturated heterocycles. The second kappa shape index (κ2) is 5.31. The van der Waals surface area contributed by atoms with E-state index in [0.29, 0.717) is 16.2 Å². The van der Waals surface area contributed by atoms with Gasteiger partial charge in [0.1, 0.15) is 0 Å². The third-order valence-electron chi connectivity index (χ3n) is 2.01. The van der Waals surface area contributed by atoms with E-state index >= 15 is 0 Å². The zero-order chi connectivity index (χ0) is 13.3. The van der Waals surface area contributed by atoms with Gasteiger partial charge in [-0.25, -0.2) is 17.6 Å². The molecule has 0 aliphatic rings. The second-order valence-corrected chi connectivity index (χ2v) is 5.14. The summed E-state index contributed by atoms with van der Waals surface area (Å²) in [6.07, 6.45) is 3.05. The van der Waals surface area contributed by atoms with Gasteiger partial charge in [0.05, 0.1) is 21.4 Å². The van der Waals surface area contributed by atoms with Gasteiger partial charge < -0.3 is 0 Å². The molecule has 0 N–H and O–H groups in total. The third-order valence-corrected chi connectivity index (χ3v) is 3.46. The fraction of sp³-hybridized carbons (Fsp3) is 0.100. The van der Waals surface area contributed by atoms with Gasteiger partial charge in [0.2, 0.25) is 0 Å². The van der Waals surface area contributed by atoms with E-state index in [-0.39, 0.29) is 11.9 Å². The molecule has 1 aromatic carbocycles. The first-order valence-electron chi connectivity index (χ1n) is 4.63. The van der Waals surface area contributed by atoms with E-state index in [1.165, 1.54) is 10.9 Å². The van der Waals surface area contributed by atoms with E-state index in [0.717, 1.165) is 0 Å². The fourth-order valence-electron chi connectivity index (χ4n) is 1.22. The maximum atomic E-state index is 13.3. The summed E-state index contributed by atoms with van der Waals surface area (Å²) in [5, 5.41) is 3.85. The summed E-state index contributed by atoms with van der Waals surface area (Å²) in [7, 11) is 0. The van der Waals surface area contributed by atoms with Crippen molar-refractivity contribution < 1.29 is 17.6 Å². The summed E-state index contributed by atoms with van der Waals surface area (Å²) in [6.45, 7) is 0. The molecule has 96 valence electrons. The minimum Gasteiger partial charge on any atom is -0.261 e. The van der Waals surface area contributed by atoms with Crippen molar-refractivity contribution in [1.29, 1.82) is 0 Å². The smallest absolute Gasteiger partial charge is 0.175 e. The average molecular weight is 341 g/mol. The predicted octanol–water partition coefficient (Wildman–Crippen LogP) is 3.95. The van der Waals surface area contributed by atoms with Crippen LogP contribution in [0.5, 0.6) is 0 Å². The van der Waals surface area contributed by atoms with Gasteiger partial charge in [-0.15, -0.1) is 0 Å². The molecule has 0 radical (unpaired) electrons. The van der Waals surface area contributed by atoms with Crippen LogP contribution >= 0.6 is 27.7 Å². The van der Waals surface area contributed by atoms with Gasteiger partial charge in [0, 0.05) is 12.3 Å². The summed E-state index contributed by atoms with van der Waals surface area (Å²) >= 11 is 3.77. The number of halogens is 5. The zero-order valence-corrected chi connectivity index (χ0v) is 11.0. The summed E-state index contributed by atoms with van der Waals surface area (Å²) in [4.78, 5) is -0.695. The van der Waals surface area contributed by atoms with Gasteiger partial charge in [-0.05, 0) is 15.9 Å². The van der Waals surface area contributed by atoms with Crippen molar-refractivity contribution in [3.8, 4) is 0 Å². The van der Waals surface area contributed by atoms with E-state index in [2.05, 4.69) is 21.0 Å². The molecule has 8 heteroatoms. The molecule has 0 bridgehead atoms. The molecule has 1 heterocycles. The Morgan fingerprint density at radius 2 is 1.78 bits per heavy atom. The number of rotatable bonds is 3. The van der Waals surface area contributed by atoms with Crippen LogP contribution in [0.3, 0.4) is 0 Å². The maximum Gasteiger partial charge on any atom is 0.175 e. The lowest BCUT2D eigenvalue weighted by Gasteiger charge is -2.06. The first-order valence-corrected chi connectivity index (χ1v) is 6.40. The number of hydrogen-bond donors (Lipinski definition) is 0. The Bertz CT molecular complexity index is 561. The standard InChI is InChI=1S/C10H5BrF4N2S/c11-5-2-16-17(3-5)4-18-10-8(14)6(12)1-7(13)9(10)15/h1-3H,4H2. The normalized spacial score (nSPS) is 10.9. The molecular weight excluding hydrogens is 336 g/mol. The minimum atomic E-state index is -1.42. The van der Waals surface area contributed by atoms with Crippen LogP contribution in [0.1, 0.15) is 0 Å². The van der Waals surface area contributed by atoms with E-state index in [1.54, 1.807) is 6.20 Å². The van der Waals surface area contributed by atoms with Crippen LogP contribution in [0.15, 0.2) is 27.8 Å². The van der Waals surface area contributed by atoms with Crippen molar-refractivity contribution >= 4 is 27.7 Å². The molecule has 0 fully saturated rings. The molecule has 0 amide bonds. The lowest BCUT2D eigenvalue weighted by Crippen LogP contribution is -2.00. The number of nitrogens with zero attached hydrogens (tertiary/aromatic N) is 2. The molecular formula is C10H5BrF4N2S. The number of aromatic nitrogens is 2. The molecule has 0 unspecified atom stereocenters. The Hall–Kier alpha value is -1.02. The maximum absolute atomic E-state index is 13.3. The van der Waals surface area contributed by atoms with Gasteiger partial charge in [-0.1, -0.05) is 11.8 Å². The topological polar surface area (TPSA) is 17.8 Å². The van der Waals surface area contributed by atoms with E-state index in [9.17, 15) is 17.6 Å². The molecule has 0 aliphatic carbocycles. The fourth-order valence-corrected chi connectivity index (χ4v) is 2.40. The SMILES string of the molecule is Fc1cc(F)c(F)c(SCn2cc(Br)cn2)c1F. The Morgan fingerprint density at radius 3 is 2.28 bits per heavy atom. The van der Waals surface area contributed by atoms with Crippen LogP contribution < -0.4 is 0 Å². The largest absolute Gasteiger partial charge is 0.261 e. The highest BCUT2D eigenvalue weighted by atomic mass is 79.9. The first kappa shape index (κ1) is 13.4. The van der Waals surface area contributed by atoms with Crippen LogP contribution in [-0.2, 0) is 5.88 Å².